The number of halogens is 3. The standard InChI is InChI=1S/C11H9ClF2N2O2/c12-7-4-9(14)8(13)3-6(7)11(18)16-2-1-15-10(17)5-16/h3-4H,1-2,5H2,(H,15,17). The Kier molecular flexibility index (Phi) is 3.47. The Labute approximate surface area is 107 Å². The molecule has 1 aliphatic rings. The van der Waals surface area contributed by atoms with E-state index in [1.807, 2.05) is 0 Å². The van der Waals surface area contributed by atoms with Gasteiger partial charge in [-0.3, -0.25) is 9.59 Å². The molecule has 1 aromatic rings. The number of nitrogens with one attached hydrogen (secondary N) is 1. The molecule has 0 spiro atoms. The molecule has 1 saturated heterocycles. The van der Waals surface area contributed by atoms with Gasteiger partial charge in [0.05, 0.1) is 17.1 Å². The maximum atomic E-state index is 13.1. The summed E-state index contributed by atoms with van der Waals surface area (Å²) in [4.78, 5) is 24.4. The summed E-state index contributed by atoms with van der Waals surface area (Å²) in [5, 5.41) is 2.38. The van der Waals surface area contributed by atoms with Crippen molar-refractivity contribution in [2.24, 2.45) is 0 Å². The molecule has 1 N–H and O–H groups in total. The zero-order chi connectivity index (χ0) is 13.3. The van der Waals surface area contributed by atoms with E-state index in [9.17, 15) is 18.4 Å². The highest BCUT2D eigenvalue weighted by atomic mass is 35.5. The molecule has 0 radical (unpaired) electrons. The third-order valence-electron chi connectivity index (χ3n) is 2.57. The number of piperazine rings is 1. The summed E-state index contributed by atoms with van der Waals surface area (Å²) < 4.78 is 26.0. The molecule has 18 heavy (non-hydrogen) atoms. The molecule has 1 aromatic carbocycles. The van der Waals surface area contributed by atoms with Crippen LogP contribution in [0.1, 0.15) is 10.4 Å². The van der Waals surface area contributed by atoms with Crippen molar-refractivity contribution in [3.63, 3.8) is 0 Å². The average Bonchev–Trinajstić information content (AvgIpc) is 2.33. The second kappa shape index (κ2) is 4.89. The largest absolute Gasteiger partial charge is 0.353 e. The first-order valence-corrected chi connectivity index (χ1v) is 5.57. The van der Waals surface area contributed by atoms with Crippen molar-refractivity contribution >= 4 is 23.4 Å². The third-order valence-corrected chi connectivity index (χ3v) is 2.88. The molecule has 2 rings (SSSR count). The van der Waals surface area contributed by atoms with Gasteiger partial charge in [-0.2, -0.15) is 0 Å². The van der Waals surface area contributed by atoms with Crippen LogP contribution in [0.25, 0.3) is 0 Å². The Morgan fingerprint density at radius 3 is 2.67 bits per heavy atom. The summed E-state index contributed by atoms with van der Waals surface area (Å²) in [5.74, 6) is -3.15. The second-order valence-electron chi connectivity index (χ2n) is 3.82. The molecule has 0 bridgehead atoms. The monoisotopic (exact) mass is 274 g/mol. The molecule has 96 valence electrons. The summed E-state index contributed by atoms with van der Waals surface area (Å²) in [6, 6.07) is 1.49. The lowest BCUT2D eigenvalue weighted by atomic mass is 10.1. The Hall–Kier alpha value is -1.69. The maximum absolute atomic E-state index is 13.1. The highest BCUT2D eigenvalue weighted by molar-refractivity contribution is 6.33. The van der Waals surface area contributed by atoms with E-state index in [0.717, 1.165) is 12.1 Å². The molecule has 0 aliphatic carbocycles. The Morgan fingerprint density at radius 1 is 1.33 bits per heavy atom. The van der Waals surface area contributed by atoms with Gasteiger partial charge >= 0.3 is 0 Å². The molecule has 0 saturated carbocycles. The minimum atomic E-state index is -1.15. The summed E-state index contributed by atoms with van der Waals surface area (Å²) >= 11 is 5.70. The van der Waals surface area contributed by atoms with Gasteiger partial charge in [-0.25, -0.2) is 8.78 Å². The zero-order valence-corrected chi connectivity index (χ0v) is 9.93. The first-order chi connectivity index (χ1) is 8.49. The first-order valence-electron chi connectivity index (χ1n) is 5.19. The van der Waals surface area contributed by atoms with E-state index in [4.69, 9.17) is 11.6 Å². The maximum Gasteiger partial charge on any atom is 0.256 e. The van der Waals surface area contributed by atoms with Crippen LogP contribution in [0.5, 0.6) is 0 Å². The average molecular weight is 275 g/mol. The Morgan fingerprint density at radius 2 is 2.00 bits per heavy atom. The highest BCUT2D eigenvalue weighted by Gasteiger charge is 2.25. The predicted octanol–water partition coefficient (Wildman–Crippen LogP) is 1.19. The summed E-state index contributed by atoms with van der Waals surface area (Å²) in [6.07, 6.45) is 0. The van der Waals surface area contributed by atoms with Crippen LogP contribution in [0.15, 0.2) is 12.1 Å². The van der Waals surface area contributed by atoms with Crippen molar-refractivity contribution < 1.29 is 18.4 Å². The number of carbonyl (C=O) groups is 2. The second-order valence-corrected chi connectivity index (χ2v) is 4.23. The fourth-order valence-electron chi connectivity index (χ4n) is 1.67. The number of benzene rings is 1. The number of nitrogens with zero attached hydrogens (tertiary/aromatic N) is 1. The van der Waals surface area contributed by atoms with E-state index < -0.39 is 17.5 Å². The van der Waals surface area contributed by atoms with Crippen LogP contribution in [0.4, 0.5) is 8.78 Å². The Bertz CT molecular complexity index is 522. The predicted molar refractivity (Wildman–Crippen MR) is 60.3 cm³/mol. The third kappa shape index (κ3) is 2.43. The molecule has 2 amide bonds. The van der Waals surface area contributed by atoms with E-state index in [1.165, 1.54) is 4.90 Å². The van der Waals surface area contributed by atoms with Crippen molar-refractivity contribution in [3.05, 3.63) is 34.4 Å². The van der Waals surface area contributed by atoms with Crippen LogP contribution < -0.4 is 5.32 Å². The van der Waals surface area contributed by atoms with Gasteiger partial charge in [0.15, 0.2) is 11.6 Å². The molecule has 4 nitrogen and oxygen atoms in total. The van der Waals surface area contributed by atoms with Crippen LogP contribution in [0.2, 0.25) is 5.02 Å². The van der Waals surface area contributed by atoms with Crippen molar-refractivity contribution in [2.45, 2.75) is 0 Å². The van der Waals surface area contributed by atoms with Crippen molar-refractivity contribution in [3.8, 4) is 0 Å². The highest BCUT2D eigenvalue weighted by Crippen LogP contribution is 2.21. The number of amides is 2. The lowest BCUT2D eigenvalue weighted by Gasteiger charge is -2.27. The molecule has 0 atom stereocenters. The fourth-order valence-corrected chi connectivity index (χ4v) is 1.90. The topological polar surface area (TPSA) is 49.4 Å². The molecule has 1 heterocycles. The molecular weight excluding hydrogens is 266 g/mol. The van der Waals surface area contributed by atoms with Gasteiger partial charge < -0.3 is 10.2 Å². The molecule has 0 aromatic heterocycles. The molecular formula is C11H9ClF2N2O2. The SMILES string of the molecule is O=C1CN(C(=O)c2cc(F)c(F)cc2Cl)CCN1. The molecule has 0 unspecified atom stereocenters. The molecule has 7 heteroatoms. The van der Waals surface area contributed by atoms with Gasteiger partial charge in [-0.05, 0) is 12.1 Å². The summed E-state index contributed by atoms with van der Waals surface area (Å²) in [7, 11) is 0. The van der Waals surface area contributed by atoms with Crippen molar-refractivity contribution in [2.75, 3.05) is 19.6 Å². The van der Waals surface area contributed by atoms with Gasteiger partial charge in [0.25, 0.3) is 5.91 Å². The summed E-state index contributed by atoms with van der Waals surface area (Å²) in [6.45, 7) is 0.514. The summed E-state index contributed by atoms with van der Waals surface area (Å²) in [5.41, 5.74) is -0.148. The lowest BCUT2D eigenvalue weighted by molar-refractivity contribution is -0.123. The minimum absolute atomic E-state index is 0.117. The lowest BCUT2D eigenvalue weighted by Crippen LogP contribution is -2.50. The van der Waals surface area contributed by atoms with Crippen LogP contribution in [0.3, 0.4) is 0 Å². The smallest absolute Gasteiger partial charge is 0.256 e. The van der Waals surface area contributed by atoms with E-state index >= 15 is 0 Å². The van der Waals surface area contributed by atoms with Crippen molar-refractivity contribution in [1.29, 1.82) is 0 Å². The van der Waals surface area contributed by atoms with E-state index in [-0.39, 0.29) is 23.0 Å². The number of rotatable bonds is 1. The van der Waals surface area contributed by atoms with E-state index in [2.05, 4.69) is 5.32 Å². The van der Waals surface area contributed by atoms with E-state index in [0.29, 0.717) is 13.1 Å². The first kappa shape index (κ1) is 12.8. The van der Waals surface area contributed by atoms with Crippen LogP contribution >= 0.6 is 11.6 Å². The van der Waals surface area contributed by atoms with Crippen LogP contribution in [-0.2, 0) is 4.79 Å². The van der Waals surface area contributed by atoms with Crippen LogP contribution in [0, 0.1) is 11.6 Å². The number of hydrogen-bond acceptors (Lipinski definition) is 2. The number of hydrogen-bond donors (Lipinski definition) is 1. The van der Waals surface area contributed by atoms with Gasteiger partial charge in [0.2, 0.25) is 5.91 Å². The quantitative estimate of drug-likeness (QED) is 0.782. The normalized spacial score (nSPS) is 15.5. The van der Waals surface area contributed by atoms with Gasteiger partial charge in [0.1, 0.15) is 0 Å². The van der Waals surface area contributed by atoms with Gasteiger partial charge in [-0.1, -0.05) is 11.6 Å². The fraction of sp³-hybridized carbons (Fsp3) is 0.273. The molecule has 1 aliphatic heterocycles. The minimum Gasteiger partial charge on any atom is -0.353 e. The zero-order valence-electron chi connectivity index (χ0n) is 9.17. The molecule has 1 fully saturated rings. The van der Waals surface area contributed by atoms with E-state index in [1.54, 1.807) is 0 Å². The van der Waals surface area contributed by atoms with Crippen LogP contribution in [-0.4, -0.2) is 36.3 Å². The number of carbonyl (C=O) groups excluding carboxylic acids is 2. The van der Waals surface area contributed by atoms with Gasteiger partial charge in [0, 0.05) is 13.1 Å². The Balaban J connectivity index is 2.28. The van der Waals surface area contributed by atoms with Gasteiger partial charge in [-0.15, -0.1) is 0 Å². The van der Waals surface area contributed by atoms with Crippen molar-refractivity contribution in [1.82, 2.24) is 10.2 Å².